The molecule has 0 aromatic carbocycles. The fraction of sp³-hybridized carbons (Fsp3) is 1.00. The van der Waals surface area contributed by atoms with E-state index >= 15 is 0 Å². The Bertz CT molecular complexity index is 121. The molecule has 1 aliphatic carbocycles. The van der Waals surface area contributed by atoms with E-state index in [1.807, 2.05) is 0 Å². The summed E-state index contributed by atoms with van der Waals surface area (Å²) in [5.74, 6) is 1.64. The van der Waals surface area contributed by atoms with Crippen LogP contribution in [0.4, 0.5) is 0 Å². The molecule has 11 heavy (non-hydrogen) atoms. The topological polar surface area (TPSA) is 35.1 Å². The molecule has 0 saturated heterocycles. The second-order valence-electron chi connectivity index (χ2n) is 3.71. The van der Waals surface area contributed by atoms with Crippen molar-refractivity contribution in [1.29, 1.82) is 0 Å². The fourth-order valence-electron chi connectivity index (χ4n) is 1.76. The quantitative estimate of drug-likeness (QED) is 0.640. The van der Waals surface area contributed by atoms with Crippen molar-refractivity contribution in [3.63, 3.8) is 0 Å². The third-order valence-corrected chi connectivity index (χ3v) is 3.39. The van der Waals surface area contributed by atoms with Crippen molar-refractivity contribution in [2.75, 3.05) is 0 Å². The molecule has 3 heteroatoms. The average Bonchev–Trinajstić information content (AvgIpc) is 1.98. The van der Waals surface area contributed by atoms with Gasteiger partial charge in [-0.2, -0.15) is 0 Å². The zero-order chi connectivity index (χ0) is 8.27. The Labute approximate surface area is 70.7 Å². The third-order valence-electron chi connectivity index (χ3n) is 2.86. The van der Waals surface area contributed by atoms with Crippen LogP contribution in [0.15, 0.2) is 0 Å². The molecule has 2 nitrogen and oxygen atoms in total. The van der Waals surface area contributed by atoms with Crippen molar-refractivity contribution in [3.05, 3.63) is 0 Å². The number of rotatable bonds is 2. The lowest BCUT2D eigenvalue weighted by atomic mass is 9.79. The van der Waals surface area contributed by atoms with Crippen molar-refractivity contribution >= 4 is 8.96 Å². The zero-order valence-electron chi connectivity index (χ0n) is 7.26. The smallest absolute Gasteiger partial charge is 0.00914 e. The molecule has 1 rings (SSSR count). The number of nitrogens with one attached hydrogen (secondary N) is 1. The molecule has 0 amide bonds. The van der Waals surface area contributed by atoms with E-state index < -0.39 is 0 Å². The largest absolute Gasteiger partial charge is 0.820 e. The van der Waals surface area contributed by atoms with Crippen LogP contribution < -0.4 is 9.98 Å². The normalized spacial score (nSPS) is 40.1. The van der Waals surface area contributed by atoms with Gasteiger partial charge in [-0.15, -0.1) is 8.96 Å². The second kappa shape index (κ2) is 4.39. The van der Waals surface area contributed by atoms with Crippen LogP contribution in [-0.4, -0.2) is 6.04 Å². The lowest BCUT2D eigenvalue weighted by Crippen LogP contribution is -2.32. The van der Waals surface area contributed by atoms with E-state index in [9.17, 15) is 4.89 Å². The minimum Gasteiger partial charge on any atom is -0.820 e. The van der Waals surface area contributed by atoms with E-state index in [2.05, 4.69) is 18.9 Å². The van der Waals surface area contributed by atoms with Gasteiger partial charge in [0.15, 0.2) is 0 Å². The summed E-state index contributed by atoms with van der Waals surface area (Å²) in [7, 11) is -0.330. The van der Waals surface area contributed by atoms with Gasteiger partial charge < -0.3 is 9.98 Å². The summed E-state index contributed by atoms with van der Waals surface area (Å²) in [6.45, 7) is 4.59. The van der Waals surface area contributed by atoms with Crippen molar-refractivity contribution in [2.24, 2.45) is 11.8 Å². The van der Waals surface area contributed by atoms with Gasteiger partial charge in [-0.3, -0.25) is 0 Å². The highest BCUT2D eigenvalue weighted by Gasteiger charge is 2.22. The Kier molecular flexibility index (Phi) is 3.77. The van der Waals surface area contributed by atoms with E-state index in [1.54, 1.807) is 0 Å². The highest BCUT2D eigenvalue weighted by atomic mass is 31.1. The minimum atomic E-state index is -0.330. The number of hydrogen-bond acceptors (Lipinski definition) is 2. The van der Waals surface area contributed by atoms with Crippen LogP contribution in [0.1, 0.15) is 33.1 Å². The maximum atomic E-state index is 10.3. The molecule has 0 aromatic rings. The van der Waals surface area contributed by atoms with Crippen LogP contribution in [0.25, 0.3) is 0 Å². The first-order valence-corrected chi connectivity index (χ1v) is 5.27. The molecule has 4 atom stereocenters. The maximum absolute atomic E-state index is 10.3. The van der Waals surface area contributed by atoms with Crippen LogP contribution in [0.2, 0.25) is 0 Å². The highest BCUT2D eigenvalue weighted by molar-refractivity contribution is 7.26. The van der Waals surface area contributed by atoms with Crippen molar-refractivity contribution in [3.8, 4) is 0 Å². The Balaban J connectivity index is 2.28. The van der Waals surface area contributed by atoms with Gasteiger partial charge in [-0.1, -0.05) is 13.8 Å². The first-order valence-electron chi connectivity index (χ1n) is 4.36. The monoisotopic (exact) mass is 174 g/mol. The lowest BCUT2D eigenvalue weighted by molar-refractivity contribution is -0.153. The Morgan fingerprint density at radius 2 is 2.00 bits per heavy atom. The maximum Gasteiger partial charge on any atom is 0.00914 e. The highest BCUT2D eigenvalue weighted by Crippen LogP contribution is 2.29. The summed E-state index contributed by atoms with van der Waals surface area (Å²) < 4.78 is 0. The van der Waals surface area contributed by atoms with Crippen LogP contribution in [0.3, 0.4) is 0 Å². The molecule has 0 heterocycles. The summed E-state index contributed by atoms with van der Waals surface area (Å²) >= 11 is 0. The fourth-order valence-corrected chi connectivity index (χ4v) is 2.19. The minimum absolute atomic E-state index is 0.330. The van der Waals surface area contributed by atoms with Crippen LogP contribution in [-0.2, 0) is 0 Å². The molecule has 1 N–H and O–H groups in total. The average molecular weight is 174 g/mol. The van der Waals surface area contributed by atoms with E-state index in [-0.39, 0.29) is 8.96 Å². The first-order chi connectivity index (χ1) is 5.24. The Hall–Kier alpha value is 0.350. The molecular weight excluding hydrogens is 157 g/mol. The van der Waals surface area contributed by atoms with Gasteiger partial charge in [0.25, 0.3) is 0 Å². The van der Waals surface area contributed by atoms with E-state index in [0.717, 1.165) is 11.8 Å². The van der Waals surface area contributed by atoms with Crippen LogP contribution in [0, 0.1) is 11.8 Å². The number of hydrogen-bond donors (Lipinski definition) is 1. The lowest BCUT2D eigenvalue weighted by Gasteiger charge is -2.33. The molecule has 0 aromatic heterocycles. The molecule has 0 bridgehead atoms. The Morgan fingerprint density at radius 3 is 2.55 bits per heavy atom. The molecule has 2 unspecified atom stereocenters. The van der Waals surface area contributed by atoms with Crippen molar-refractivity contribution in [2.45, 2.75) is 39.2 Å². The third kappa shape index (κ3) is 2.70. The molecule has 1 saturated carbocycles. The summed E-state index contributed by atoms with van der Waals surface area (Å²) in [5, 5.41) is 3.01. The van der Waals surface area contributed by atoms with E-state index in [0.29, 0.717) is 6.04 Å². The van der Waals surface area contributed by atoms with Gasteiger partial charge in [0.05, 0.1) is 0 Å². The van der Waals surface area contributed by atoms with Crippen LogP contribution in [0.5, 0.6) is 0 Å². The SMILES string of the molecule is C[C@H]1CCC(NP[O-])C[C@@H]1C. The predicted molar refractivity (Wildman–Crippen MR) is 47.4 cm³/mol. The standard InChI is InChI=1S/C8H17NOP/c1-6-3-4-8(9-11-10)5-7(6)2/h6-9,11H,3-5H2,1-2H3/q-1/t6-,7-,8?/m0/s1. The first kappa shape index (κ1) is 9.44. The Morgan fingerprint density at radius 1 is 1.27 bits per heavy atom. The van der Waals surface area contributed by atoms with Gasteiger partial charge in [0.1, 0.15) is 0 Å². The summed E-state index contributed by atoms with van der Waals surface area (Å²) in [4.78, 5) is 10.3. The van der Waals surface area contributed by atoms with Gasteiger partial charge in [-0.25, -0.2) is 0 Å². The summed E-state index contributed by atoms with van der Waals surface area (Å²) in [6, 6.07) is 0.511. The zero-order valence-corrected chi connectivity index (χ0v) is 8.26. The molecule has 1 aliphatic rings. The molecule has 66 valence electrons. The molecular formula is C8H17NOP-. The molecule has 0 spiro atoms. The van der Waals surface area contributed by atoms with Crippen LogP contribution >= 0.6 is 8.96 Å². The molecule has 1 fully saturated rings. The molecule has 0 radical (unpaired) electrons. The van der Waals surface area contributed by atoms with Gasteiger partial charge >= 0.3 is 0 Å². The second-order valence-corrected chi connectivity index (χ2v) is 4.20. The van der Waals surface area contributed by atoms with Crippen molar-refractivity contribution in [1.82, 2.24) is 5.09 Å². The predicted octanol–water partition coefficient (Wildman–Crippen LogP) is 1.27. The van der Waals surface area contributed by atoms with Gasteiger partial charge in [-0.05, 0) is 31.1 Å². The summed E-state index contributed by atoms with van der Waals surface area (Å²) in [5.41, 5.74) is 0. The van der Waals surface area contributed by atoms with Gasteiger partial charge in [0, 0.05) is 6.04 Å². The van der Waals surface area contributed by atoms with E-state index in [1.165, 1.54) is 19.3 Å². The molecule has 0 aliphatic heterocycles. The van der Waals surface area contributed by atoms with Crippen molar-refractivity contribution < 1.29 is 4.89 Å². The summed E-state index contributed by atoms with van der Waals surface area (Å²) in [6.07, 6.45) is 3.67. The van der Waals surface area contributed by atoms with E-state index in [4.69, 9.17) is 0 Å². The van der Waals surface area contributed by atoms with Gasteiger partial charge in [0.2, 0.25) is 0 Å².